The van der Waals surface area contributed by atoms with Gasteiger partial charge in [0.05, 0.1) is 0 Å². The molecule has 104 valence electrons. The van der Waals surface area contributed by atoms with Gasteiger partial charge < -0.3 is 5.73 Å². The molecule has 3 unspecified atom stereocenters. The predicted octanol–water partition coefficient (Wildman–Crippen LogP) is 3.02. The molecule has 0 amide bonds. The van der Waals surface area contributed by atoms with Crippen LogP contribution in [0.3, 0.4) is 0 Å². The Morgan fingerprint density at radius 2 is 1.72 bits per heavy atom. The van der Waals surface area contributed by atoms with Crippen LogP contribution in [0.25, 0.3) is 0 Å². The summed E-state index contributed by atoms with van der Waals surface area (Å²) in [5, 5.41) is 0. The lowest BCUT2D eigenvalue weighted by atomic mass is 9.67. The molecule has 2 heteroatoms. The summed E-state index contributed by atoms with van der Waals surface area (Å²) in [6.07, 6.45) is 9.84. The maximum Gasteiger partial charge on any atom is 0.0337 e. The first-order valence-corrected chi connectivity index (χ1v) is 8.00. The van der Waals surface area contributed by atoms with Gasteiger partial charge in [-0.05, 0) is 49.4 Å². The largest absolute Gasteiger partial charge is 0.329 e. The van der Waals surface area contributed by atoms with Crippen LogP contribution >= 0.6 is 0 Å². The molecule has 0 aromatic heterocycles. The first-order chi connectivity index (χ1) is 8.55. The smallest absolute Gasteiger partial charge is 0.0337 e. The molecular formula is C16H30N2. The average molecular weight is 250 g/mol. The van der Waals surface area contributed by atoms with E-state index in [-0.39, 0.29) is 0 Å². The molecule has 3 atom stereocenters. The number of rotatable bonds is 2. The van der Waals surface area contributed by atoms with Gasteiger partial charge >= 0.3 is 0 Å². The normalized spacial score (nSPS) is 44.2. The third kappa shape index (κ3) is 2.12. The van der Waals surface area contributed by atoms with Crippen LogP contribution in [-0.4, -0.2) is 30.1 Å². The summed E-state index contributed by atoms with van der Waals surface area (Å²) < 4.78 is 0. The van der Waals surface area contributed by atoms with Crippen molar-refractivity contribution >= 4 is 0 Å². The average Bonchev–Trinajstić information content (AvgIpc) is 2.87. The van der Waals surface area contributed by atoms with Crippen LogP contribution in [0.4, 0.5) is 0 Å². The lowest BCUT2D eigenvalue weighted by Crippen LogP contribution is -2.57. The van der Waals surface area contributed by atoms with Crippen LogP contribution in [0.1, 0.15) is 58.8 Å². The highest BCUT2D eigenvalue weighted by molar-refractivity contribution is 5.03. The van der Waals surface area contributed by atoms with Gasteiger partial charge in [-0.15, -0.1) is 0 Å². The van der Waals surface area contributed by atoms with Gasteiger partial charge in [-0.25, -0.2) is 0 Å². The molecule has 2 nitrogen and oxygen atoms in total. The van der Waals surface area contributed by atoms with Gasteiger partial charge in [-0.3, -0.25) is 4.90 Å². The summed E-state index contributed by atoms with van der Waals surface area (Å²) in [6, 6.07) is 0. The molecule has 0 aromatic carbocycles. The Balaban J connectivity index is 1.75. The van der Waals surface area contributed by atoms with Gasteiger partial charge in [0.1, 0.15) is 0 Å². The van der Waals surface area contributed by atoms with Crippen molar-refractivity contribution in [1.29, 1.82) is 0 Å². The van der Waals surface area contributed by atoms with Crippen molar-refractivity contribution in [2.75, 3.05) is 19.6 Å². The fourth-order valence-electron chi connectivity index (χ4n) is 5.16. The monoisotopic (exact) mass is 250 g/mol. The highest BCUT2D eigenvalue weighted by atomic mass is 15.2. The minimum absolute atomic E-state index is 0.339. The zero-order valence-electron chi connectivity index (χ0n) is 12.3. The SMILES string of the molecule is CC1(C)CCCC(CN)(N2CC3CCCC3C2)C1. The molecule has 1 saturated heterocycles. The van der Waals surface area contributed by atoms with Crippen molar-refractivity contribution in [3.63, 3.8) is 0 Å². The Hall–Kier alpha value is -0.0800. The minimum Gasteiger partial charge on any atom is -0.329 e. The lowest BCUT2D eigenvalue weighted by Gasteiger charge is -2.50. The second kappa shape index (κ2) is 4.49. The summed E-state index contributed by atoms with van der Waals surface area (Å²) in [4.78, 5) is 2.81. The maximum absolute atomic E-state index is 6.25. The Morgan fingerprint density at radius 3 is 2.28 bits per heavy atom. The number of nitrogens with two attached hydrogens (primary N) is 1. The Kier molecular flexibility index (Phi) is 3.22. The molecule has 18 heavy (non-hydrogen) atoms. The second-order valence-electron chi connectivity index (χ2n) is 7.98. The Labute approximate surface area is 112 Å². The number of fused-ring (bicyclic) bond motifs is 1. The molecule has 0 bridgehead atoms. The molecular weight excluding hydrogens is 220 g/mol. The van der Waals surface area contributed by atoms with Crippen LogP contribution in [0.5, 0.6) is 0 Å². The van der Waals surface area contributed by atoms with Crippen molar-refractivity contribution in [2.45, 2.75) is 64.3 Å². The van der Waals surface area contributed by atoms with E-state index in [0.717, 1.165) is 18.4 Å². The molecule has 0 aromatic rings. The zero-order chi connectivity index (χ0) is 12.8. The highest BCUT2D eigenvalue weighted by Crippen LogP contribution is 2.48. The quantitative estimate of drug-likeness (QED) is 0.816. The number of nitrogens with zero attached hydrogens (tertiary/aromatic N) is 1. The van der Waals surface area contributed by atoms with E-state index >= 15 is 0 Å². The van der Waals surface area contributed by atoms with Crippen molar-refractivity contribution in [1.82, 2.24) is 4.90 Å². The van der Waals surface area contributed by atoms with Gasteiger partial charge in [-0.1, -0.05) is 26.7 Å². The van der Waals surface area contributed by atoms with E-state index in [0.29, 0.717) is 11.0 Å². The van der Waals surface area contributed by atoms with E-state index in [1.165, 1.54) is 58.0 Å². The third-order valence-electron chi connectivity index (χ3n) is 6.08. The number of hydrogen-bond donors (Lipinski definition) is 1. The summed E-state index contributed by atoms with van der Waals surface area (Å²) >= 11 is 0. The second-order valence-corrected chi connectivity index (χ2v) is 7.98. The van der Waals surface area contributed by atoms with Gasteiger partial charge in [-0.2, -0.15) is 0 Å². The topological polar surface area (TPSA) is 29.3 Å². The van der Waals surface area contributed by atoms with Gasteiger partial charge in [0.2, 0.25) is 0 Å². The Bertz CT molecular complexity index is 300. The fraction of sp³-hybridized carbons (Fsp3) is 1.00. The molecule has 3 rings (SSSR count). The van der Waals surface area contributed by atoms with Gasteiger partial charge in [0.15, 0.2) is 0 Å². The summed E-state index contributed by atoms with van der Waals surface area (Å²) in [6.45, 7) is 8.44. The number of likely N-dealkylation sites (tertiary alicyclic amines) is 1. The molecule has 0 radical (unpaired) electrons. The highest BCUT2D eigenvalue weighted by Gasteiger charge is 2.48. The predicted molar refractivity (Wildman–Crippen MR) is 76.4 cm³/mol. The maximum atomic E-state index is 6.25. The standard InChI is InChI=1S/C16H30N2/c1-15(2)7-4-8-16(11-15,12-17)18-9-13-5-3-6-14(13)10-18/h13-14H,3-12,17H2,1-2H3. The fourth-order valence-corrected chi connectivity index (χ4v) is 5.16. The zero-order valence-corrected chi connectivity index (χ0v) is 12.3. The molecule has 1 aliphatic heterocycles. The van der Waals surface area contributed by atoms with E-state index in [1.807, 2.05) is 0 Å². The summed E-state index contributed by atoms with van der Waals surface area (Å²) in [7, 11) is 0. The van der Waals surface area contributed by atoms with Crippen LogP contribution in [0, 0.1) is 17.3 Å². The van der Waals surface area contributed by atoms with Crippen molar-refractivity contribution < 1.29 is 0 Å². The number of hydrogen-bond acceptors (Lipinski definition) is 2. The summed E-state index contributed by atoms with van der Waals surface area (Å²) in [5.74, 6) is 2.00. The molecule has 3 aliphatic rings. The van der Waals surface area contributed by atoms with Gasteiger partial charge in [0, 0.05) is 25.2 Å². The molecule has 3 fully saturated rings. The minimum atomic E-state index is 0.339. The Morgan fingerprint density at radius 1 is 1.06 bits per heavy atom. The van der Waals surface area contributed by atoms with Crippen LogP contribution < -0.4 is 5.73 Å². The van der Waals surface area contributed by atoms with E-state index in [4.69, 9.17) is 5.73 Å². The van der Waals surface area contributed by atoms with Crippen LogP contribution in [0.2, 0.25) is 0 Å². The van der Waals surface area contributed by atoms with E-state index < -0.39 is 0 Å². The molecule has 1 heterocycles. The molecule has 2 saturated carbocycles. The summed E-state index contributed by atoms with van der Waals surface area (Å²) in [5.41, 5.74) is 7.08. The van der Waals surface area contributed by atoms with Gasteiger partial charge in [0.25, 0.3) is 0 Å². The van der Waals surface area contributed by atoms with Crippen LogP contribution in [0.15, 0.2) is 0 Å². The van der Waals surface area contributed by atoms with Crippen molar-refractivity contribution in [3.8, 4) is 0 Å². The van der Waals surface area contributed by atoms with Crippen molar-refractivity contribution in [3.05, 3.63) is 0 Å². The van der Waals surface area contributed by atoms with E-state index in [2.05, 4.69) is 18.7 Å². The van der Waals surface area contributed by atoms with Crippen LogP contribution in [-0.2, 0) is 0 Å². The molecule has 2 N–H and O–H groups in total. The molecule has 0 spiro atoms. The molecule has 2 aliphatic carbocycles. The first-order valence-electron chi connectivity index (χ1n) is 8.00. The van der Waals surface area contributed by atoms with E-state index in [1.54, 1.807) is 0 Å². The van der Waals surface area contributed by atoms with Crippen molar-refractivity contribution in [2.24, 2.45) is 23.0 Å². The lowest BCUT2D eigenvalue weighted by molar-refractivity contribution is 0.0205. The third-order valence-corrected chi connectivity index (χ3v) is 6.08. The first kappa shape index (κ1) is 12.9. The van der Waals surface area contributed by atoms with E-state index in [9.17, 15) is 0 Å².